The summed E-state index contributed by atoms with van der Waals surface area (Å²) in [5, 5.41) is 2.96. The van der Waals surface area contributed by atoms with E-state index in [1.807, 2.05) is 18.2 Å². The average Bonchev–Trinajstić information content (AvgIpc) is 2.89. The Kier molecular flexibility index (Phi) is 5.21. The van der Waals surface area contributed by atoms with Crippen LogP contribution in [0.2, 0.25) is 0 Å². The molecule has 0 unspecified atom stereocenters. The first-order valence-corrected chi connectivity index (χ1v) is 7.05. The number of rotatable bonds is 7. The zero-order chi connectivity index (χ0) is 13.5. The fraction of sp³-hybridized carbons (Fsp3) is 0.533. The Bertz CT molecular complexity index is 432. The standard InChI is InChI=1S/C15H22N2O2/c16-8-3-1-2-4-9-17-15(18)13-5-6-14-12(11-13)7-10-19-14/h5-6,11H,1-4,7-10,16H2,(H,17,18). The Morgan fingerprint density at radius 3 is 2.95 bits per heavy atom. The monoisotopic (exact) mass is 262 g/mol. The second kappa shape index (κ2) is 7.14. The Hall–Kier alpha value is -1.55. The van der Waals surface area contributed by atoms with Gasteiger partial charge in [-0.2, -0.15) is 0 Å². The van der Waals surface area contributed by atoms with Gasteiger partial charge in [0.15, 0.2) is 0 Å². The van der Waals surface area contributed by atoms with Gasteiger partial charge in [-0.05, 0) is 43.1 Å². The van der Waals surface area contributed by atoms with Gasteiger partial charge in [-0.15, -0.1) is 0 Å². The molecule has 1 amide bonds. The van der Waals surface area contributed by atoms with Crippen LogP contribution >= 0.6 is 0 Å². The first kappa shape index (κ1) is 13.9. The Balaban J connectivity index is 1.74. The number of unbranched alkanes of at least 4 members (excludes halogenated alkanes) is 3. The van der Waals surface area contributed by atoms with Crippen molar-refractivity contribution >= 4 is 5.91 Å². The van der Waals surface area contributed by atoms with Crippen LogP contribution in [0.25, 0.3) is 0 Å². The van der Waals surface area contributed by atoms with Gasteiger partial charge in [0, 0.05) is 18.5 Å². The van der Waals surface area contributed by atoms with Crippen LogP contribution in [0.15, 0.2) is 18.2 Å². The lowest BCUT2D eigenvalue weighted by molar-refractivity contribution is 0.0953. The van der Waals surface area contributed by atoms with Crippen molar-refractivity contribution in [1.29, 1.82) is 0 Å². The minimum atomic E-state index is 0.00789. The highest BCUT2D eigenvalue weighted by Crippen LogP contribution is 2.25. The van der Waals surface area contributed by atoms with E-state index in [9.17, 15) is 4.79 Å². The molecule has 0 saturated heterocycles. The number of carbonyl (C=O) groups excluding carboxylic acids is 1. The predicted molar refractivity (Wildman–Crippen MR) is 75.5 cm³/mol. The van der Waals surface area contributed by atoms with Crippen LogP contribution < -0.4 is 15.8 Å². The van der Waals surface area contributed by atoms with E-state index in [1.54, 1.807) is 0 Å². The number of ether oxygens (including phenoxy) is 1. The van der Waals surface area contributed by atoms with Gasteiger partial charge in [-0.3, -0.25) is 4.79 Å². The molecule has 0 radical (unpaired) electrons. The van der Waals surface area contributed by atoms with Crippen molar-refractivity contribution in [2.24, 2.45) is 5.73 Å². The normalized spacial score (nSPS) is 12.9. The molecular formula is C15H22N2O2. The number of nitrogens with one attached hydrogen (secondary N) is 1. The molecule has 2 rings (SSSR count). The third-order valence-electron chi connectivity index (χ3n) is 3.37. The molecule has 0 aromatic heterocycles. The van der Waals surface area contributed by atoms with Gasteiger partial charge in [0.1, 0.15) is 5.75 Å². The Morgan fingerprint density at radius 1 is 1.26 bits per heavy atom. The van der Waals surface area contributed by atoms with Crippen molar-refractivity contribution in [2.45, 2.75) is 32.1 Å². The summed E-state index contributed by atoms with van der Waals surface area (Å²) in [7, 11) is 0. The number of carbonyl (C=O) groups is 1. The van der Waals surface area contributed by atoms with Gasteiger partial charge in [0.25, 0.3) is 5.91 Å². The quantitative estimate of drug-likeness (QED) is 0.737. The maximum Gasteiger partial charge on any atom is 0.251 e. The predicted octanol–water partition coefficient (Wildman–Crippen LogP) is 1.87. The molecule has 0 aliphatic carbocycles. The highest BCUT2D eigenvalue weighted by Gasteiger charge is 2.14. The Morgan fingerprint density at radius 2 is 2.11 bits per heavy atom. The SMILES string of the molecule is NCCCCCCNC(=O)c1ccc2c(c1)CCO2. The third-order valence-corrected chi connectivity index (χ3v) is 3.37. The zero-order valence-electron chi connectivity index (χ0n) is 11.3. The van der Waals surface area contributed by atoms with Crippen LogP contribution in [0, 0.1) is 0 Å². The van der Waals surface area contributed by atoms with E-state index < -0.39 is 0 Å². The van der Waals surface area contributed by atoms with Crippen molar-refractivity contribution in [3.8, 4) is 5.75 Å². The van der Waals surface area contributed by atoms with Crippen molar-refractivity contribution < 1.29 is 9.53 Å². The molecule has 4 nitrogen and oxygen atoms in total. The van der Waals surface area contributed by atoms with E-state index in [2.05, 4.69) is 5.32 Å². The highest BCUT2D eigenvalue weighted by molar-refractivity contribution is 5.94. The van der Waals surface area contributed by atoms with Crippen LogP contribution in [0.5, 0.6) is 5.75 Å². The van der Waals surface area contributed by atoms with E-state index in [4.69, 9.17) is 10.5 Å². The van der Waals surface area contributed by atoms with Crippen LogP contribution in [-0.2, 0) is 6.42 Å². The topological polar surface area (TPSA) is 64.3 Å². The first-order valence-electron chi connectivity index (χ1n) is 7.05. The van der Waals surface area contributed by atoms with Crippen LogP contribution in [0.1, 0.15) is 41.6 Å². The van der Waals surface area contributed by atoms with Crippen molar-refractivity contribution in [2.75, 3.05) is 19.7 Å². The molecule has 0 spiro atoms. The van der Waals surface area contributed by atoms with Gasteiger partial charge >= 0.3 is 0 Å². The smallest absolute Gasteiger partial charge is 0.251 e. The number of fused-ring (bicyclic) bond motifs is 1. The number of hydrogen-bond donors (Lipinski definition) is 2. The molecule has 0 bridgehead atoms. The molecule has 19 heavy (non-hydrogen) atoms. The van der Waals surface area contributed by atoms with Crippen LogP contribution in [0.3, 0.4) is 0 Å². The molecule has 1 aliphatic heterocycles. The summed E-state index contributed by atoms with van der Waals surface area (Å²) in [6.45, 7) is 2.21. The summed E-state index contributed by atoms with van der Waals surface area (Å²) in [6.07, 6.45) is 5.24. The maximum atomic E-state index is 12.0. The highest BCUT2D eigenvalue weighted by atomic mass is 16.5. The number of hydrogen-bond acceptors (Lipinski definition) is 3. The number of benzene rings is 1. The van der Waals surface area contributed by atoms with Crippen LogP contribution in [-0.4, -0.2) is 25.6 Å². The summed E-state index contributed by atoms with van der Waals surface area (Å²) in [6, 6.07) is 5.65. The second-order valence-corrected chi connectivity index (χ2v) is 4.88. The summed E-state index contributed by atoms with van der Waals surface area (Å²) in [5.41, 5.74) is 7.29. The molecule has 1 aromatic carbocycles. The van der Waals surface area contributed by atoms with E-state index >= 15 is 0 Å². The molecule has 4 heteroatoms. The van der Waals surface area contributed by atoms with Gasteiger partial charge in [0.2, 0.25) is 0 Å². The lowest BCUT2D eigenvalue weighted by atomic mass is 10.1. The number of amides is 1. The average molecular weight is 262 g/mol. The van der Waals surface area contributed by atoms with Crippen molar-refractivity contribution in [3.63, 3.8) is 0 Å². The van der Waals surface area contributed by atoms with Gasteiger partial charge < -0.3 is 15.8 Å². The molecule has 1 aliphatic rings. The maximum absolute atomic E-state index is 12.0. The fourth-order valence-corrected chi connectivity index (χ4v) is 2.25. The first-order chi connectivity index (χ1) is 9.31. The Labute approximate surface area is 114 Å². The second-order valence-electron chi connectivity index (χ2n) is 4.88. The third kappa shape index (κ3) is 3.96. The van der Waals surface area contributed by atoms with E-state index in [1.165, 1.54) is 0 Å². The fourth-order valence-electron chi connectivity index (χ4n) is 2.25. The van der Waals surface area contributed by atoms with Crippen molar-refractivity contribution in [3.05, 3.63) is 29.3 Å². The largest absolute Gasteiger partial charge is 0.493 e. The molecule has 0 saturated carbocycles. The molecule has 1 heterocycles. The van der Waals surface area contributed by atoms with E-state index in [0.29, 0.717) is 0 Å². The minimum absolute atomic E-state index is 0.00789. The van der Waals surface area contributed by atoms with E-state index in [-0.39, 0.29) is 5.91 Å². The molecular weight excluding hydrogens is 240 g/mol. The molecule has 3 N–H and O–H groups in total. The van der Waals surface area contributed by atoms with Crippen molar-refractivity contribution in [1.82, 2.24) is 5.32 Å². The zero-order valence-corrected chi connectivity index (χ0v) is 11.3. The van der Waals surface area contributed by atoms with Gasteiger partial charge in [-0.25, -0.2) is 0 Å². The van der Waals surface area contributed by atoms with Gasteiger partial charge in [-0.1, -0.05) is 12.8 Å². The lowest BCUT2D eigenvalue weighted by Crippen LogP contribution is -2.24. The van der Waals surface area contributed by atoms with Crippen LogP contribution in [0.4, 0.5) is 0 Å². The lowest BCUT2D eigenvalue weighted by Gasteiger charge is -2.06. The summed E-state index contributed by atoms with van der Waals surface area (Å²) >= 11 is 0. The molecule has 1 aromatic rings. The summed E-state index contributed by atoms with van der Waals surface area (Å²) < 4.78 is 5.43. The minimum Gasteiger partial charge on any atom is -0.493 e. The molecule has 0 atom stereocenters. The van der Waals surface area contributed by atoms with Gasteiger partial charge in [0.05, 0.1) is 6.61 Å². The molecule has 0 fully saturated rings. The summed E-state index contributed by atoms with van der Waals surface area (Å²) in [5.74, 6) is 0.923. The summed E-state index contributed by atoms with van der Waals surface area (Å²) in [4.78, 5) is 12.0. The number of nitrogens with two attached hydrogens (primary N) is 1. The van der Waals surface area contributed by atoms with E-state index in [0.717, 1.165) is 68.7 Å². The molecule has 104 valence electrons.